The van der Waals surface area contributed by atoms with E-state index in [1.165, 1.54) is 18.2 Å². The standard InChI is InChI=1S/C23H22Cl2N2O4S/c1-2-31-22-13-12-17(15-19(22)25)32(29,30)27-21(14-16-8-4-3-5-9-16)23(28)26-20-11-7-6-10-18(20)24/h3-13,15,21,27H,2,14H2,1H3,(H,26,28)/t21-/m0/s1. The number of hydrogen-bond donors (Lipinski definition) is 2. The van der Waals surface area contributed by atoms with Gasteiger partial charge in [0.2, 0.25) is 15.9 Å². The zero-order chi connectivity index (χ0) is 23.1. The Morgan fingerprint density at radius 2 is 1.66 bits per heavy atom. The summed E-state index contributed by atoms with van der Waals surface area (Å²) in [5.41, 5.74) is 1.18. The highest BCUT2D eigenvalue weighted by Crippen LogP contribution is 2.27. The van der Waals surface area contributed by atoms with E-state index in [2.05, 4.69) is 10.0 Å². The van der Waals surface area contributed by atoms with Crippen LogP contribution in [0.15, 0.2) is 77.7 Å². The van der Waals surface area contributed by atoms with Gasteiger partial charge in [0, 0.05) is 0 Å². The van der Waals surface area contributed by atoms with Crippen LogP contribution >= 0.6 is 23.2 Å². The van der Waals surface area contributed by atoms with Gasteiger partial charge in [-0.15, -0.1) is 0 Å². The highest BCUT2D eigenvalue weighted by molar-refractivity contribution is 7.89. The number of anilines is 1. The van der Waals surface area contributed by atoms with Gasteiger partial charge in [-0.3, -0.25) is 4.79 Å². The van der Waals surface area contributed by atoms with Crippen LogP contribution in [0.1, 0.15) is 12.5 Å². The number of para-hydroxylation sites is 1. The number of hydrogen-bond acceptors (Lipinski definition) is 4. The Labute approximate surface area is 197 Å². The Bertz CT molecular complexity index is 1190. The molecule has 6 nitrogen and oxygen atoms in total. The van der Waals surface area contributed by atoms with Crippen LogP contribution in [0.2, 0.25) is 10.0 Å². The molecule has 1 atom stereocenters. The molecule has 0 bridgehead atoms. The van der Waals surface area contributed by atoms with Crippen LogP contribution in [0.5, 0.6) is 5.75 Å². The number of benzene rings is 3. The molecule has 0 aliphatic carbocycles. The van der Waals surface area contributed by atoms with Crippen LogP contribution < -0.4 is 14.8 Å². The number of sulfonamides is 1. The minimum Gasteiger partial charge on any atom is -0.492 e. The third kappa shape index (κ3) is 6.23. The molecule has 0 unspecified atom stereocenters. The average Bonchev–Trinajstić information content (AvgIpc) is 2.77. The van der Waals surface area contributed by atoms with Crippen molar-refractivity contribution in [2.24, 2.45) is 0 Å². The topological polar surface area (TPSA) is 84.5 Å². The fraction of sp³-hybridized carbons (Fsp3) is 0.174. The number of carbonyl (C=O) groups is 1. The van der Waals surface area contributed by atoms with Gasteiger partial charge < -0.3 is 10.1 Å². The molecule has 2 N–H and O–H groups in total. The lowest BCUT2D eigenvalue weighted by atomic mass is 10.1. The van der Waals surface area contributed by atoms with Crippen molar-refractivity contribution in [1.82, 2.24) is 4.72 Å². The average molecular weight is 493 g/mol. The molecule has 0 radical (unpaired) electrons. The molecule has 32 heavy (non-hydrogen) atoms. The second kappa shape index (κ2) is 10.8. The zero-order valence-corrected chi connectivity index (χ0v) is 19.5. The Morgan fingerprint density at radius 3 is 2.31 bits per heavy atom. The van der Waals surface area contributed by atoms with Crippen molar-refractivity contribution < 1.29 is 17.9 Å². The molecule has 0 aromatic heterocycles. The minimum atomic E-state index is -4.07. The van der Waals surface area contributed by atoms with Crippen LogP contribution in [0.3, 0.4) is 0 Å². The molecule has 0 saturated carbocycles. The second-order valence-corrected chi connectivity index (χ2v) is 9.39. The molecular weight excluding hydrogens is 471 g/mol. The molecule has 0 spiro atoms. The first-order valence-electron chi connectivity index (χ1n) is 9.84. The van der Waals surface area contributed by atoms with Gasteiger partial charge in [0.25, 0.3) is 0 Å². The van der Waals surface area contributed by atoms with E-state index in [1.54, 1.807) is 31.2 Å². The second-order valence-electron chi connectivity index (χ2n) is 6.86. The number of rotatable bonds is 9. The van der Waals surface area contributed by atoms with Crippen molar-refractivity contribution in [3.63, 3.8) is 0 Å². The van der Waals surface area contributed by atoms with E-state index in [-0.39, 0.29) is 16.3 Å². The van der Waals surface area contributed by atoms with E-state index < -0.39 is 22.0 Å². The van der Waals surface area contributed by atoms with Crippen molar-refractivity contribution in [2.75, 3.05) is 11.9 Å². The van der Waals surface area contributed by atoms with E-state index in [1.807, 2.05) is 30.3 Å². The molecule has 3 aromatic carbocycles. The first-order valence-corrected chi connectivity index (χ1v) is 12.1. The third-order valence-corrected chi connectivity index (χ3v) is 6.64. The van der Waals surface area contributed by atoms with Crippen LogP contribution in [0.25, 0.3) is 0 Å². The molecule has 0 aliphatic rings. The lowest BCUT2D eigenvalue weighted by Gasteiger charge is -2.19. The number of nitrogens with one attached hydrogen (secondary N) is 2. The Morgan fingerprint density at radius 1 is 0.969 bits per heavy atom. The maximum Gasteiger partial charge on any atom is 0.242 e. The van der Waals surface area contributed by atoms with Crippen molar-refractivity contribution in [3.8, 4) is 5.75 Å². The van der Waals surface area contributed by atoms with Crippen LogP contribution in [-0.4, -0.2) is 27.0 Å². The van der Waals surface area contributed by atoms with Crippen molar-refractivity contribution >= 4 is 44.8 Å². The predicted molar refractivity (Wildman–Crippen MR) is 127 cm³/mol. The van der Waals surface area contributed by atoms with Gasteiger partial charge in [-0.2, -0.15) is 4.72 Å². The van der Waals surface area contributed by atoms with E-state index in [0.29, 0.717) is 23.1 Å². The summed E-state index contributed by atoms with van der Waals surface area (Å²) in [6.07, 6.45) is 0.140. The Balaban J connectivity index is 1.88. The summed E-state index contributed by atoms with van der Waals surface area (Å²) in [6, 6.07) is 18.9. The molecule has 1 amide bonds. The third-order valence-electron chi connectivity index (χ3n) is 4.54. The smallest absolute Gasteiger partial charge is 0.242 e. The van der Waals surface area contributed by atoms with Crippen molar-refractivity contribution in [1.29, 1.82) is 0 Å². The van der Waals surface area contributed by atoms with E-state index in [0.717, 1.165) is 5.56 Å². The molecule has 0 saturated heterocycles. The highest BCUT2D eigenvalue weighted by atomic mass is 35.5. The van der Waals surface area contributed by atoms with E-state index >= 15 is 0 Å². The highest BCUT2D eigenvalue weighted by Gasteiger charge is 2.27. The quantitative estimate of drug-likeness (QED) is 0.443. The van der Waals surface area contributed by atoms with Crippen LogP contribution in [0.4, 0.5) is 5.69 Å². The van der Waals surface area contributed by atoms with Gasteiger partial charge in [-0.05, 0) is 49.2 Å². The molecule has 9 heteroatoms. The van der Waals surface area contributed by atoms with E-state index in [9.17, 15) is 13.2 Å². The fourth-order valence-electron chi connectivity index (χ4n) is 3.00. The van der Waals surface area contributed by atoms with Crippen molar-refractivity contribution in [3.05, 3.63) is 88.4 Å². The van der Waals surface area contributed by atoms with Crippen LogP contribution in [0, 0.1) is 0 Å². The zero-order valence-electron chi connectivity index (χ0n) is 17.2. The maximum atomic E-state index is 13.1. The molecule has 0 heterocycles. The minimum absolute atomic E-state index is 0.0745. The maximum absolute atomic E-state index is 13.1. The lowest BCUT2D eigenvalue weighted by molar-refractivity contribution is -0.117. The van der Waals surface area contributed by atoms with Gasteiger partial charge in [0.05, 0.1) is 27.2 Å². The summed E-state index contributed by atoms with van der Waals surface area (Å²) < 4.78 is 34.0. The Kier molecular flexibility index (Phi) is 8.15. The molecule has 3 rings (SSSR count). The van der Waals surface area contributed by atoms with Crippen LogP contribution in [-0.2, 0) is 21.2 Å². The number of amides is 1. The first kappa shape index (κ1) is 24.1. The van der Waals surface area contributed by atoms with Gasteiger partial charge in [-0.25, -0.2) is 8.42 Å². The number of ether oxygens (including phenoxy) is 1. The number of halogens is 2. The first-order chi connectivity index (χ1) is 15.3. The summed E-state index contributed by atoms with van der Waals surface area (Å²) >= 11 is 12.3. The molecule has 3 aromatic rings. The number of carbonyl (C=O) groups excluding carboxylic acids is 1. The van der Waals surface area contributed by atoms with Gasteiger partial charge in [0.1, 0.15) is 11.8 Å². The molecular formula is C23H22Cl2N2O4S. The van der Waals surface area contributed by atoms with E-state index in [4.69, 9.17) is 27.9 Å². The normalized spacial score (nSPS) is 12.2. The fourth-order valence-corrected chi connectivity index (χ4v) is 4.70. The molecule has 0 fully saturated rings. The molecule has 0 aliphatic heterocycles. The largest absolute Gasteiger partial charge is 0.492 e. The van der Waals surface area contributed by atoms with Gasteiger partial charge in [0.15, 0.2) is 0 Å². The predicted octanol–water partition coefficient (Wildman–Crippen LogP) is 4.92. The summed E-state index contributed by atoms with van der Waals surface area (Å²) in [6.45, 7) is 2.19. The SMILES string of the molecule is CCOc1ccc(S(=O)(=O)N[C@@H](Cc2ccccc2)C(=O)Nc2ccccc2Cl)cc1Cl. The molecule has 168 valence electrons. The lowest BCUT2D eigenvalue weighted by Crippen LogP contribution is -2.45. The summed E-state index contributed by atoms with van der Waals surface area (Å²) in [5.74, 6) is -0.159. The van der Waals surface area contributed by atoms with Crippen molar-refractivity contribution in [2.45, 2.75) is 24.3 Å². The Hall–Kier alpha value is -2.58. The van der Waals surface area contributed by atoms with Gasteiger partial charge >= 0.3 is 0 Å². The monoisotopic (exact) mass is 492 g/mol. The summed E-state index contributed by atoms with van der Waals surface area (Å²) in [7, 11) is -4.07. The summed E-state index contributed by atoms with van der Waals surface area (Å²) in [5, 5.41) is 3.21. The van der Waals surface area contributed by atoms with Gasteiger partial charge in [-0.1, -0.05) is 65.7 Å². The summed E-state index contributed by atoms with van der Waals surface area (Å²) in [4.78, 5) is 13.0.